The number of carboxylic acids is 1. The Morgan fingerprint density at radius 1 is 1.05 bits per heavy atom. The van der Waals surface area contributed by atoms with Crippen molar-refractivity contribution in [2.45, 2.75) is 0 Å². The lowest BCUT2D eigenvalue weighted by molar-refractivity contribution is 0.0594. The van der Waals surface area contributed by atoms with E-state index in [0.29, 0.717) is 16.9 Å². The highest BCUT2D eigenvalue weighted by Gasteiger charge is 2.17. The first-order valence-corrected chi connectivity index (χ1v) is 6.27. The first kappa shape index (κ1) is 15.5. The van der Waals surface area contributed by atoms with E-state index in [-0.39, 0.29) is 11.1 Å². The van der Waals surface area contributed by atoms with Crippen LogP contribution in [0.4, 0.5) is 4.39 Å². The number of halogens is 1. The van der Waals surface area contributed by atoms with Crippen molar-refractivity contribution >= 4 is 11.9 Å². The molecule has 0 aromatic heterocycles. The van der Waals surface area contributed by atoms with Crippen LogP contribution >= 0.6 is 0 Å². The van der Waals surface area contributed by atoms with Gasteiger partial charge >= 0.3 is 11.9 Å². The van der Waals surface area contributed by atoms with Gasteiger partial charge < -0.3 is 14.6 Å². The maximum atomic E-state index is 13.7. The van der Waals surface area contributed by atoms with Crippen LogP contribution in [0.2, 0.25) is 0 Å². The van der Waals surface area contributed by atoms with Gasteiger partial charge in [-0.15, -0.1) is 0 Å². The molecular weight excluding hydrogens is 291 g/mol. The molecule has 2 aromatic rings. The van der Waals surface area contributed by atoms with Crippen molar-refractivity contribution in [3.8, 4) is 16.9 Å². The molecule has 0 radical (unpaired) electrons. The highest BCUT2D eigenvalue weighted by Crippen LogP contribution is 2.29. The quantitative estimate of drug-likeness (QED) is 0.879. The van der Waals surface area contributed by atoms with Crippen LogP contribution in [0.5, 0.6) is 5.75 Å². The fourth-order valence-corrected chi connectivity index (χ4v) is 2.04. The smallest absolute Gasteiger partial charge is 0.340 e. The fourth-order valence-electron chi connectivity index (χ4n) is 2.04. The summed E-state index contributed by atoms with van der Waals surface area (Å²) in [5.41, 5.74) is 0.467. The Kier molecular flexibility index (Phi) is 4.41. The SMILES string of the molecule is COC(=O)c1cc(-c2ccc(OC)cc2C(=O)O)ccc1F. The topological polar surface area (TPSA) is 72.8 Å². The molecule has 6 heteroatoms. The van der Waals surface area contributed by atoms with Crippen molar-refractivity contribution in [2.75, 3.05) is 14.2 Å². The Bertz CT molecular complexity index is 739. The average molecular weight is 304 g/mol. The number of hydrogen-bond donors (Lipinski definition) is 1. The predicted molar refractivity (Wildman–Crippen MR) is 76.7 cm³/mol. The third-order valence-electron chi connectivity index (χ3n) is 3.14. The van der Waals surface area contributed by atoms with E-state index in [1.54, 1.807) is 6.07 Å². The highest BCUT2D eigenvalue weighted by molar-refractivity contribution is 5.98. The van der Waals surface area contributed by atoms with E-state index < -0.39 is 17.8 Å². The molecule has 2 rings (SSSR count). The molecule has 2 aromatic carbocycles. The average Bonchev–Trinajstić information content (AvgIpc) is 2.54. The van der Waals surface area contributed by atoms with Gasteiger partial charge in [-0.05, 0) is 41.5 Å². The van der Waals surface area contributed by atoms with Gasteiger partial charge in [0.25, 0.3) is 0 Å². The van der Waals surface area contributed by atoms with Crippen molar-refractivity contribution in [1.29, 1.82) is 0 Å². The van der Waals surface area contributed by atoms with Gasteiger partial charge in [-0.1, -0.05) is 6.07 Å². The van der Waals surface area contributed by atoms with Crippen LogP contribution < -0.4 is 4.74 Å². The van der Waals surface area contributed by atoms with Crippen molar-refractivity contribution in [2.24, 2.45) is 0 Å². The summed E-state index contributed by atoms with van der Waals surface area (Å²) < 4.78 is 23.2. The number of ether oxygens (including phenoxy) is 2. The number of esters is 1. The molecule has 0 aliphatic heterocycles. The summed E-state index contributed by atoms with van der Waals surface area (Å²) in [5, 5.41) is 9.30. The normalized spacial score (nSPS) is 10.1. The number of carbonyl (C=O) groups is 2. The zero-order valence-electron chi connectivity index (χ0n) is 11.9. The second-order valence-corrected chi connectivity index (χ2v) is 4.40. The molecule has 0 aliphatic rings. The lowest BCUT2D eigenvalue weighted by Gasteiger charge is -2.10. The summed E-state index contributed by atoms with van der Waals surface area (Å²) in [5.74, 6) is -2.33. The molecule has 0 saturated heterocycles. The summed E-state index contributed by atoms with van der Waals surface area (Å²) in [4.78, 5) is 22.9. The molecule has 114 valence electrons. The monoisotopic (exact) mass is 304 g/mol. The number of hydrogen-bond acceptors (Lipinski definition) is 4. The lowest BCUT2D eigenvalue weighted by Crippen LogP contribution is -2.05. The molecule has 0 amide bonds. The summed E-state index contributed by atoms with van der Waals surface area (Å²) >= 11 is 0. The molecule has 0 heterocycles. The Morgan fingerprint density at radius 3 is 2.36 bits per heavy atom. The Morgan fingerprint density at radius 2 is 1.77 bits per heavy atom. The number of carboxylic acid groups (broad SMARTS) is 1. The molecule has 0 unspecified atom stereocenters. The molecule has 22 heavy (non-hydrogen) atoms. The minimum absolute atomic E-state index is 0.0122. The third kappa shape index (κ3) is 2.90. The van der Waals surface area contributed by atoms with Gasteiger partial charge in [0.2, 0.25) is 0 Å². The molecular formula is C16H13FO5. The van der Waals surface area contributed by atoms with Crippen LogP contribution in [0.15, 0.2) is 36.4 Å². The van der Waals surface area contributed by atoms with Crippen LogP contribution in [0.25, 0.3) is 11.1 Å². The maximum Gasteiger partial charge on any atom is 0.340 e. The van der Waals surface area contributed by atoms with Crippen LogP contribution in [-0.4, -0.2) is 31.3 Å². The van der Waals surface area contributed by atoms with E-state index >= 15 is 0 Å². The predicted octanol–water partition coefficient (Wildman–Crippen LogP) is 2.99. The summed E-state index contributed by atoms with van der Waals surface area (Å²) in [6.07, 6.45) is 0. The van der Waals surface area contributed by atoms with Gasteiger partial charge in [0.15, 0.2) is 0 Å². The van der Waals surface area contributed by atoms with Gasteiger partial charge in [-0.3, -0.25) is 0 Å². The van der Waals surface area contributed by atoms with Crippen molar-refractivity contribution in [3.05, 3.63) is 53.3 Å². The van der Waals surface area contributed by atoms with Gasteiger partial charge in [0.1, 0.15) is 11.6 Å². The van der Waals surface area contributed by atoms with Crippen molar-refractivity contribution < 1.29 is 28.6 Å². The van der Waals surface area contributed by atoms with Gasteiger partial charge in [0.05, 0.1) is 25.3 Å². The standard InChI is InChI=1S/C16H13FO5/c1-21-10-4-5-11(12(8-10)15(18)19)9-3-6-14(17)13(7-9)16(20)22-2/h3-8H,1-2H3,(H,18,19). The Labute approximate surface area is 125 Å². The molecule has 0 saturated carbocycles. The molecule has 5 nitrogen and oxygen atoms in total. The molecule has 0 bridgehead atoms. The Balaban J connectivity index is 2.61. The number of carbonyl (C=O) groups excluding carboxylic acids is 1. The van der Waals surface area contributed by atoms with Crippen LogP contribution in [0, 0.1) is 5.82 Å². The van der Waals surface area contributed by atoms with Gasteiger partial charge in [-0.25, -0.2) is 14.0 Å². The van der Waals surface area contributed by atoms with Crippen LogP contribution in [-0.2, 0) is 4.74 Å². The maximum absolute atomic E-state index is 13.7. The number of methoxy groups -OCH3 is 2. The molecule has 1 N–H and O–H groups in total. The van der Waals surface area contributed by atoms with Gasteiger partial charge in [0, 0.05) is 0 Å². The molecule has 0 fully saturated rings. The number of rotatable bonds is 4. The largest absolute Gasteiger partial charge is 0.497 e. The lowest BCUT2D eigenvalue weighted by atomic mass is 9.97. The van der Waals surface area contributed by atoms with Crippen LogP contribution in [0.3, 0.4) is 0 Å². The van der Waals surface area contributed by atoms with E-state index in [0.717, 1.165) is 13.2 Å². The van der Waals surface area contributed by atoms with E-state index in [1.807, 2.05) is 0 Å². The van der Waals surface area contributed by atoms with E-state index in [4.69, 9.17) is 4.74 Å². The second kappa shape index (κ2) is 6.26. The zero-order chi connectivity index (χ0) is 16.3. The van der Waals surface area contributed by atoms with E-state index in [1.165, 1.54) is 31.4 Å². The van der Waals surface area contributed by atoms with E-state index in [2.05, 4.69) is 4.74 Å². The van der Waals surface area contributed by atoms with E-state index in [9.17, 15) is 19.1 Å². The van der Waals surface area contributed by atoms with Crippen molar-refractivity contribution in [1.82, 2.24) is 0 Å². The van der Waals surface area contributed by atoms with Gasteiger partial charge in [-0.2, -0.15) is 0 Å². The third-order valence-corrected chi connectivity index (χ3v) is 3.14. The fraction of sp³-hybridized carbons (Fsp3) is 0.125. The minimum Gasteiger partial charge on any atom is -0.497 e. The first-order chi connectivity index (χ1) is 10.5. The number of aromatic carboxylic acids is 1. The summed E-state index contributed by atoms with van der Waals surface area (Å²) in [6.45, 7) is 0. The van der Waals surface area contributed by atoms with Crippen LogP contribution in [0.1, 0.15) is 20.7 Å². The Hall–Kier alpha value is -2.89. The summed E-state index contributed by atoms with van der Waals surface area (Å²) in [7, 11) is 2.57. The molecule has 0 aliphatic carbocycles. The first-order valence-electron chi connectivity index (χ1n) is 6.27. The second-order valence-electron chi connectivity index (χ2n) is 4.40. The van der Waals surface area contributed by atoms with Crippen molar-refractivity contribution in [3.63, 3.8) is 0 Å². The zero-order valence-corrected chi connectivity index (χ0v) is 11.9. The minimum atomic E-state index is -1.15. The summed E-state index contributed by atoms with van der Waals surface area (Å²) in [6, 6.07) is 8.24. The molecule has 0 atom stereocenters. The molecule has 0 spiro atoms. The highest BCUT2D eigenvalue weighted by atomic mass is 19.1. The number of benzene rings is 2.